The SMILES string of the molecule is CCOc1ccc(S(=O)(=O)N(CC(=O)N2C[C@H](C(=O)NCc3ccccc3)Oc3ccccc32)C2CCCCC2)cc1. The standard InChI is InChI=1S/C32H37N3O6S/c1-2-40-26-17-19-27(20-18-26)42(38,39)35(25-13-7-4-8-14-25)23-31(36)34-22-30(41-29-16-10-9-15-28(29)34)32(37)33-21-24-11-5-3-6-12-24/h3,5-6,9-12,15-20,25,30H,2,4,7-8,13-14,21-23H2,1H3,(H,33,37)/t30-/m1/s1. The van der Waals surface area contributed by atoms with Gasteiger partial charge in [0.25, 0.3) is 5.91 Å². The van der Waals surface area contributed by atoms with Gasteiger partial charge in [0.05, 0.1) is 30.3 Å². The maximum absolute atomic E-state index is 14.0. The molecule has 1 saturated carbocycles. The van der Waals surface area contributed by atoms with Crippen LogP contribution in [0.3, 0.4) is 0 Å². The fourth-order valence-corrected chi connectivity index (χ4v) is 7.15. The minimum absolute atomic E-state index is 0.0297. The highest BCUT2D eigenvalue weighted by molar-refractivity contribution is 7.89. The quantitative estimate of drug-likeness (QED) is 0.372. The van der Waals surface area contributed by atoms with Crippen LogP contribution in [0.5, 0.6) is 11.5 Å². The van der Waals surface area contributed by atoms with Crippen LogP contribution in [0, 0.1) is 0 Å². The molecule has 1 heterocycles. The Kier molecular flexibility index (Phi) is 9.44. The first kappa shape index (κ1) is 29.6. The van der Waals surface area contributed by atoms with Crippen LogP contribution in [0.1, 0.15) is 44.6 Å². The van der Waals surface area contributed by atoms with Gasteiger partial charge in [-0.25, -0.2) is 8.42 Å². The van der Waals surface area contributed by atoms with E-state index in [4.69, 9.17) is 9.47 Å². The highest BCUT2D eigenvalue weighted by atomic mass is 32.2. The van der Waals surface area contributed by atoms with Gasteiger partial charge in [0.2, 0.25) is 15.9 Å². The lowest BCUT2D eigenvalue weighted by Crippen LogP contribution is -2.54. The molecule has 1 atom stereocenters. The minimum atomic E-state index is -3.99. The van der Waals surface area contributed by atoms with E-state index in [9.17, 15) is 18.0 Å². The van der Waals surface area contributed by atoms with Crippen LogP contribution in [0.25, 0.3) is 0 Å². The summed E-state index contributed by atoms with van der Waals surface area (Å²) in [5.74, 6) is 0.220. The first-order valence-electron chi connectivity index (χ1n) is 14.5. The van der Waals surface area contributed by atoms with Crippen molar-refractivity contribution in [2.24, 2.45) is 0 Å². The van der Waals surface area contributed by atoms with E-state index in [2.05, 4.69) is 5.32 Å². The number of fused-ring (bicyclic) bond motifs is 1. The summed E-state index contributed by atoms with van der Waals surface area (Å²) in [6, 6.07) is 22.6. The van der Waals surface area contributed by atoms with Crippen LogP contribution >= 0.6 is 0 Å². The molecule has 3 aromatic rings. The van der Waals surface area contributed by atoms with Crippen molar-refractivity contribution < 1.29 is 27.5 Å². The van der Waals surface area contributed by atoms with Crippen molar-refractivity contribution in [1.82, 2.24) is 9.62 Å². The number of carbonyl (C=O) groups is 2. The molecular weight excluding hydrogens is 554 g/mol. The molecule has 2 aliphatic rings. The van der Waals surface area contributed by atoms with E-state index in [0.29, 0.717) is 43.2 Å². The number of ether oxygens (including phenoxy) is 2. The molecule has 1 aliphatic carbocycles. The van der Waals surface area contributed by atoms with Crippen LogP contribution in [-0.4, -0.2) is 56.4 Å². The Bertz CT molecular complexity index is 1470. The van der Waals surface area contributed by atoms with Gasteiger partial charge in [-0.2, -0.15) is 4.31 Å². The predicted octanol–water partition coefficient (Wildman–Crippen LogP) is 4.52. The van der Waals surface area contributed by atoms with Gasteiger partial charge in [0, 0.05) is 12.6 Å². The van der Waals surface area contributed by atoms with Crippen molar-refractivity contribution in [3.05, 3.63) is 84.4 Å². The zero-order chi connectivity index (χ0) is 29.5. The number of amides is 2. The number of hydrogen-bond donors (Lipinski definition) is 1. The Labute approximate surface area is 247 Å². The first-order chi connectivity index (χ1) is 20.4. The van der Waals surface area contributed by atoms with Crippen molar-refractivity contribution in [3.8, 4) is 11.5 Å². The number of sulfonamides is 1. The molecule has 5 rings (SSSR count). The highest BCUT2D eigenvalue weighted by Crippen LogP contribution is 2.34. The molecule has 222 valence electrons. The minimum Gasteiger partial charge on any atom is -0.494 e. The average Bonchev–Trinajstić information content (AvgIpc) is 3.03. The molecule has 1 N–H and O–H groups in total. The summed E-state index contributed by atoms with van der Waals surface area (Å²) in [6.07, 6.45) is 3.27. The monoisotopic (exact) mass is 591 g/mol. The maximum atomic E-state index is 14.0. The van der Waals surface area contributed by atoms with E-state index < -0.39 is 22.0 Å². The van der Waals surface area contributed by atoms with Gasteiger partial charge in [0.1, 0.15) is 11.5 Å². The molecule has 0 saturated heterocycles. The lowest BCUT2D eigenvalue weighted by molar-refractivity contribution is -0.128. The van der Waals surface area contributed by atoms with Crippen molar-refractivity contribution in [2.45, 2.75) is 62.6 Å². The van der Waals surface area contributed by atoms with E-state index in [1.807, 2.05) is 37.3 Å². The van der Waals surface area contributed by atoms with Gasteiger partial charge < -0.3 is 19.7 Å². The van der Waals surface area contributed by atoms with Gasteiger partial charge in [-0.1, -0.05) is 61.7 Å². The molecule has 0 bridgehead atoms. The van der Waals surface area contributed by atoms with Gasteiger partial charge in [-0.3, -0.25) is 9.59 Å². The molecule has 2 amide bonds. The fourth-order valence-electron chi connectivity index (χ4n) is 5.51. The second-order valence-electron chi connectivity index (χ2n) is 10.5. The number of rotatable bonds is 10. The average molecular weight is 592 g/mol. The number of nitrogens with one attached hydrogen (secondary N) is 1. The van der Waals surface area contributed by atoms with Gasteiger partial charge in [-0.05, 0) is 61.7 Å². The van der Waals surface area contributed by atoms with Crippen molar-refractivity contribution in [1.29, 1.82) is 0 Å². The van der Waals surface area contributed by atoms with Crippen LogP contribution < -0.4 is 19.7 Å². The molecule has 0 unspecified atom stereocenters. The Morgan fingerprint density at radius 3 is 2.36 bits per heavy atom. The molecule has 0 radical (unpaired) electrons. The maximum Gasteiger partial charge on any atom is 0.263 e. The number of para-hydroxylation sites is 2. The number of anilines is 1. The molecule has 0 aromatic heterocycles. The van der Waals surface area contributed by atoms with Gasteiger partial charge in [-0.15, -0.1) is 0 Å². The van der Waals surface area contributed by atoms with E-state index in [1.165, 1.54) is 21.3 Å². The number of hydrogen-bond acceptors (Lipinski definition) is 6. The fraction of sp³-hybridized carbons (Fsp3) is 0.375. The topological polar surface area (TPSA) is 105 Å². The third-order valence-electron chi connectivity index (χ3n) is 7.69. The normalized spacial score (nSPS) is 17.3. The van der Waals surface area contributed by atoms with E-state index in [-0.39, 0.29) is 29.9 Å². The molecule has 3 aromatic carbocycles. The zero-order valence-corrected chi connectivity index (χ0v) is 24.6. The van der Waals surface area contributed by atoms with E-state index >= 15 is 0 Å². The summed E-state index contributed by atoms with van der Waals surface area (Å²) in [6.45, 7) is 2.29. The first-order valence-corrected chi connectivity index (χ1v) is 15.9. The summed E-state index contributed by atoms with van der Waals surface area (Å²) < 4.78 is 40.8. The van der Waals surface area contributed by atoms with Crippen LogP contribution in [0.2, 0.25) is 0 Å². The van der Waals surface area contributed by atoms with E-state index in [1.54, 1.807) is 36.4 Å². The highest BCUT2D eigenvalue weighted by Gasteiger charge is 2.38. The molecule has 9 nitrogen and oxygen atoms in total. The lowest BCUT2D eigenvalue weighted by atomic mass is 9.95. The molecule has 0 spiro atoms. The Balaban J connectivity index is 1.38. The predicted molar refractivity (Wildman–Crippen MR) is 160 cm³/mol. The van der Waals surface area contributed by atoms with Gasteiger partial charge in [0.15, 0.2) is 6.10 Å². The Morgan fingerprint density at radius 1 is 0.952 bits per heavy atom. The Hall–Kier alpha value is -3.89. The Morgan fingerprint density at radius 2 is 1.64 bits per heavy atom. The summed E-state index contributed by atoms with van der Waals surface area (Å²) in [5, 5.41) is 2.89. The van der Waals surface area contributed by atoms with Crippen molar-refractivity contribution >= 4 is 27.5 Å². The van der Waals surface area contributed by atoms with Gasteiger partial charge >= 0.3 is 0 Å². The summed E-state index contributed by atoms with van der Waals surface area (Å²) in [4.78, 5) is 28.7. The third-order valence-corrected chi connectivity index (χ3v) is 9.60. The van der Waals surface area contributed by atoms with Crippen molar-refractivity contribution in [3.63, 3.8) is 0 Å². The van der Waals surface area contributed by atoms with E-state index in [0.717, 1.165) is 24.8 Å². The van der Waals surface area contributed by atoms with Crippen LogP contribution in [0.15, 0.2) is 83.8 Å². The summed E-state index contributed by atoms with van der Waals surface area (Å²) in [7, 11) is -3.99. The number of benzene rings is 3. The van der Waals surface area contributed by atoms with Crippen LogP contribution in [0.4, 0.5) is 5.69 Å². The third kappa shape index (κ3) is 6.77. The molecule has 1 aliphatic heterocycles. The summed E-state index contributed by atoms with van der Waals surface area (Å²) in [5.41, 5.74) is 1.45. The largest absolute Gasteiger partial charge is 0.494 e. The second-order valence-corrected chi connectivity index (χ2v) is 12.4. The number of nitrogens with zero attached hydrogens (tertiary/aromatic N) is 2. The zero-order valence-electron chi connectivity index (χ0n) is 23.8. The molecule has 1 fully saturated rings. The van der Waals surface area contributed by atoms with Crippen LogP contribution in [-0.2, 0) is 26.2 Å². The smallest absolute Gasteiger partial charge is 0.263 e. The second kappa shape index (κ2) is 13.4. The molecule has 10 heteroatoms. The molecular formula is C32H37N3O6S. The lowest BCUT2D eigenvalue weighted by Gasteiger charge is -2.37. The number of carbonyl (C=O) groups excluding carboxylic acids is 2. The molecule has 42 heavy (non-hydrogen) atoms. The summed E-state index contributed by atoms with van der Waals surface area (Å²) >= 11 is 0. The van der Waals surface area contributed by atoms with Crippen molar-refractivity contribution in [2.75, 3.05) is 24.6 Å².